The minimum Gasteiger partial charge on any atom is -0.490 e. The van der Waals surface area contributed by atoms with Crippen LogP contribution in [0.15, 0.2) is 54.6 Å². The maximum atomic E-state index is 12.4. The number of nitrogens with zero attached hydrogens (tertiary/aromatic N) is 1. The Hall–Kier alpha value is -1.98. The average Bonchev–Trinajstić information content (AvgIpc) is 2.70. The number of benzene rings is 2. The van der Waals surface area contributed by atoms with Crippen LogP contribution in [-0.4, -0.2) is 42.3 Å². The number of piperidine rings is 1. The molecule has 1 heterocycles. The van der Waals surface area contributed by atoms with Gasteiger partial charge in [0, 0.05) is 24.5 Å². The molecule has 0 aromatic heterocycles. The highest BCUT2D eigenvalue weighted by Crippen LogP contribution is 2.22. The fourth-order valence-electron chi connectivity index (χ4n) is 3.03. The normalized spacial score (nSPS) is 16.7. The van der Waals surface area contributed by atoms with Crippen molar-refractivity contribution < 1.29 is 9.53 Å². The van der Waals surface area contributed by atoms with Gasteiger partial charge in [-0.25, -0.2) is 0 Å². The lowest BCUT2D eigenvalue weighted by atomic mass is 10.1. The first kappa shape index (κ1) is 19.8. The van der Waals surface area contributed by atoms with Gasteiger partial charge in [0.25, 0.3) is 0 Å². The lowest BCUT2D eigenvalue weighted by Crippen LogP contribution is -2.35. The fourth-order valence-corrected chi connectivity index (χ4v) is 3.87. The predicted octanol–water partition coefficient (Wildman–Crippen LogP) is 4.42. The van der Waals surface area contributed by atoms with E-state index in [1.807, 2.05) is 49.4 Å². The van der Waals surface area contributed by atoms with Crippen molar-refractivity contribution >= 4 is 23.4 Å². The molecule has 144 valence electrons. The fraction of sp³-hybridized carbons (Fsp3) is 0.409. The Morgan fingerprint density at radius 1 is 1.15 bits per heavy atom. The van der Waals surface area contributed by atoms with Crippen molar-refractivity contribution in [3.63, 3.8) is 0 Å². The van der Waals surface area contributed by atoms with Gasteiger partial charge in [-0.2, -0.15) is 0 Å². The molecule has 1 aliphatic heterocycles. The zero-order valence-electron chi connectivity index (χ0n) is 16.1. The summed E-state index contributed by atoms with van der Waals surface area (Å²) in [6, 6.07) is 17.9. The van der Waals surface area contributed by atoms with Crippen LogP contribution in [0.2, 0.25) is 0 Å². The molecule has 2 aromatic carbocycles. The number of hydrogen-bond acceptors (Lipinski definition) is 4. The van der Waals surface area contributed by atoms with Crippen LogP contribution in [0.4, 0.5) is 5.69 Å². The molecule has 1 N–H and O–H groups in total. The molecule has 5 heteroatoms. The smallest absolute Gasteiger partial charge is 0.237 e. The minimum absolute atomic E-state index is 0.0277. The van der Waals surface area contributed by atoms with Gasteiger partial charge < -0.3 is 15.0 Å². The summed E-state index contributed by atoms with van der Waals surface area (Å²) in [6.07, 6.45) is 2.41. The zero-order chi connectivity index (χ0) is 19.1. The highest BCUT2D eigenvalue weighted by molar-refractivity contribution is 7.99. The second-order valence-electron chi connectivity index (χ2n) is 7.07. The van der Waals surface area contributed by atoms with Crippen molar-refractivity contribution in [2.24, 2.45) is 0 Å². The van der Waals surface area contributed by atoms with E-state index in [-0.39, 0.29) is 17.3 Å². The Bertz CT molecular complexity index is 713. The first-order valence-corrected chi connectivity index (χ1v) is 10.6. The quantitative estimate of drug-likeness (QED) is 0.767. The molecule has 1 amide bonds. The van der Waals surface area contributed by atoms with Crippen molar-refractivity contribution in [3.05, 3.63) is 60.2 Å². The Balaban J connectivity index is 1.45. The number of hydrogen-bond donors (Lipinski definition) is 1. The van der Waals surface area contributed by atoms with Gasteiger partial charge in [0.05, 0.1) is 5.25 Å². The van der Waals surface area contributed by atoms with Gasteiger partial charge in [0.15, 0.2) is 0 Å². The summed E-state index contributed by atoms with van der Waals surface area (Å²) in [5.41, 5.74) is 2.04. The molecule has 0 bridgehead atoms. The highest BCUT2D eigenvalue weighted by atomic mass is 32.2. The molecule has 1 fully saturated rings. The van der Waals surface area contributed by atoms with Crippen LogP contribution in [0.25, 0.3) is 0 Å². The number of likely N-dealkylation sites (tertiary alicyclic amines) is 1. The number of carbonyl (C=O) groups is 1. The number of thioether (sulfide) groups is 1. The number of carbonyl (C=O) groups excluding carboxylic acids is 1. The largest absolute Gasteiger partial charge is 0.490 e. The van der Waals surface area contributed by atoms with Gasteiger partial charge in [0.2, 0.25) is 5.91 Å². The summed E-state index contributed by atoms with van der Waals surface area (Å²) in [7, 11) is 2.15. The van der Waals surface area contributed by atoms with E-state index in [2.05, 4.69) is 29.4 Å². The van der Waals surface area contributed by atoms with E-state index in [0.717, 1.165) is 43.1 Å². The third-order valence-corrected chi connectivity index (χ3v) is 6.02. The monoisotopic (exact) mass is 384 g/mol. The van der Waals surface area contributed by atoms with Gasteiger partial charge >= 0.3 is 0 Å². The van der Waals surface area contributed by atoms with E-state index in [9.17, 15) is 4.79 Å². The molecule has 0 saturated carbocycles. The maximum absolute atomic E-state index is 12.4. The van der Waals surface area contributed by atoms with Crippen molar-refractivity contribution in [2.75, 3.05) is 25.5 Å². The molecule has 1 unspecified atom stereocenters. The summed E-state index contributed by atoms with van der Waals surface area (Å²) >= 11 is 1.64. The van der Waals surface area contributed by atoms with Crippen LogP contribution in [-0.2, 0) is 10.5 Å². The van der Waals surface area contributed by atoms with E-state index in [4.69, 9.17) is 4.74 Å². The Morgan fingerprint density at radius 2 is 1.81 bits per heavy atom. The lowest BCUT2D eigenvalue weighted by molar-refractivity contribution is -0.115. The molecular formula is C22H28N2O2S. The molecule has 1 atom stereocenters. The summed E-state index contributed by atoms with van der Waals surface area (Å²) < 4.78 is 6.06. The molecular weight excluding hydrogens is 356 g/mol. The Morgan fingerprint density at radius 3 is 2.48 bits per heavy atom. The summed E-state index contributed by atoms with van der Waals surface area (Å²) in [5, 5.41) is 2.88. The molecule has 1 aliphatic rings. The zero-order valence-corrected chi connectivity index (χ0v) is 16.9. The van der Waals surface area contributed by atoms with E-state index in [0.29, 0.717) is 0 Å². The molecule has 0 spiro atoms. The van der Waals surface area contributed by atoms with Crippen LogP contribution in [0.3, 0.4) is 0 Å². The van der Waals surface area contributed by atoms with Gasteiger partial charge in [0.1, 0.15) is 11.9 Å². The van der Waals surface area contributed by atoms with Crippen LogP contribution >= 0.6 is 11.8 Å². The van der Waals surface area contributed by atoms with E-state index in [1.54, 1.807) is 11.8 Å². The van der Waals surface area contributed by atoms with Gasteiger partial charge in [-0.1, -0.05) is 30.3 Å². The number of nitrogens with one attached hydrogen (secondary N) is 1. The van der Waals surface area contributed by atoms with Gasteiger partial charge in [-0.05, 0) is 56.6 Å². The summed E-state index contributed by atoms with van der Waals surface area (Å²) in [4.78, 5) is 14.7. The standard InChI is InChI=1S/C22H28N2O2S/c1-17(27-16-18-6-4-3-5-7-18)22(25)23-19-8-10-20(11-9-19)26-21-12-14-24(2)15-13-21/h3-11,17,21H,12-16H2,1-2H3,(H,23,25). The molecule has 2 aromatic rings. The second kappa shape index (κ2) is 9.81. The maximum Gasteiger partial charge on any atom is 0.237 e. The SMILES string of the molecule is CC(SCc1ccccc1)C(=O)Nc1ccc(OC2CCN(C)CC2)cc1. The number of amides is 1. The second-order valence-corrected chi connectivity index (χ2v) is 8.40. The average molecular weight is 385 g/mol. The molecule has 0 aliphatic carbocycles. The minimum atomic E-state index is -0.111. The van der Waals surface area contributed by atoms with E-state index in [1.165, 1.54) is 5.56 Å². The first-order chi connectivity index (χ1) is 13.1. The molecule has 27 heavy (non-hydrogen) atoms. The molecule has 4 nitrogen and oxygen atoms in total. The molecule has 0 radical (unpaired) electrons. The van der Waals surface area contributed by atoms with Crippen LogP contribution in [0.1, 0.15) is 25.3 Å². The molecule has 1 saturated heterocycles. The summed E-state index contributed by atoms with van der Waals surface area (Å²) in [5.74, 6) is 1.73. The molecule has 3 rings (SSSR count). The van der Waals surface area contributed by atoms with Crippen LogP contribution < -0.4 is 10.1 Å². The van der Waals surface area contributed by atoms with E-state index < -0.39 is 0 Å². The van der Waals surface area contributed by atoms with Crippen LogP contribution in [0.5, 0.6) is 5.75 Å². The van der Waals surface area contributed by atoms with Crippen molar-refractivity contribution in [1.82, 2.24) is 4.90 Å². The third kappa shape index (κ3) is 6.29. The summed E-state index contributed by atoms with van der Waals surface area (Å²) in [6.45, 7) is 4.11. The number of anilines is 1. The van der Waals surface area contributed by atoms with E-state index >= 15 is 0 Å². The Kier molecular flexibility index (Phi) is 7.18. The van der Waals surface area contributed by atoms with Gasteiger partial charge in [-0.15, -0.1) is 11.8 Å². The topological polar surface area (TPSA) is 41.6 Å². The van der Waals surface area contributed by atoms with Crippen LogP contribution in [0, 0.1) is 0 Å². The van der Waals surface area contributed by atoms with Crippen molar-refractivity contribution in [2.45, 2.75) is 36.9 Å². The highest BCUT2D eigenvalue weighted by Gasteiger charge is 2.18. The Labute approximate surface area is 166 Å². The van der Waals surface area contributed by atoms with Crippen molar-refractivity contribution in [3.8, 4) is 5.75 Å². The first-order valence-electron chi connectivity index (χ1n) is 9.52. The third-order valence-electron chi connectivity index (χ3n) is 4.80. The lowest BCUT2D eigenvalue weighted by Gasteiger charge is -2.29. The number of rotatable bonds is 7. The van der Waals surface area contributed by atoms with Crippen molar-refractivity contribution in [1.29, 1.82) is 0 Å². The van der Waals surface area contributed by atoms with Gasteiger partial charge in [-0.3, -0.25) is 4.79 Å². The predicted molar refractivity (Wildman–Crippen MR) is 113 cm³/mol. The number of ether oxygens (including phenoxy) is 1.